The molecule has 0 bridgehead atoms. The smallest absolute Gasteiger partial charge is 0.261 e. The molecule has 0 saturated carbocycles. The van der Waals surface area contributed by atoms with Gasteiger partial charge in [0, 0.05) is 6.54 Å². The number of carbonyl (C=O) groups is 2. The molecule has 5 nitrogen and oxygen atoms in total. The van der Waals surface area contributed by atoms with Gasteiger partial charge < -0.3 is 0 Å². The predicted molar refractivity (Wildman–Crippen MR) is 68.6 cm³/mol. The lowest BCUT2D eigenvalue weighted by Gasteiger charge is -2.17. The number of rotatable bonds is 2. The van der Waals surface area contributed by atoms with Gasteiger partial charge in [0.15, 0.2) is 9.84 Å². The molecule has 2 aliphatic rings. The molecule has 3 rings (SSSR count). The molecule has 0 N–H and O–H groups in total. The van der Waals surface area contributed by atoms with E-state index in [9.17, 15) is 18.0 Å². The Bertz CT molecular complexity index is 630. The first kappa shape index (κ1) is 12.3. The van der Waals surface area contributed by atoms with Crippen LogP contribution in [0.4, 0.5) is 0 Å². The van der Waals surface area contributed by atoms with Crippen molar-refractivity contribution < 1.29 is 18.0 Å². The molecular formula is C13H13NO4S. The largest absolute Gasteiger partial charge is 0.274 e. The van der Waals surface area contributed by atoms with Gasteiger partial charge in [-0.2, -0.15) is 0 Å². The molecule has 1 atom stereocenters. The molecule has 0 unspecified atom stereocenters. The Kier molecular flexibility index (Phi) is 2.70. The summed E-state index contributed by atoms with van der Waals surface area (Å²) in [7, 11) is -2.99. The number of nitrogens with zero attached hydrogens (tertiary/aromatic N) is 1. The maximum absolute atomic E-state index is 12.1. The third-order valence-electron chi connectivity index (χ3n) is 3.65. The summed E-state index contributed by atoms with van der Waals surface area (Å²) in [5.74, 6) is -0.539. The number of amides is 2. The summed E-state index contributed by atoms with van der Waals surface area (Å²) in [5.41, 5.74) is 0.821. The van der Waals surface area contributed by atoms with Crippen molar-refractivity contribution in [3.05, 3.63) is 35.4 Å². The predicted octanol–water partition coefficient (Wildman–Crippen LogP) is 0.717. The number of hydrogen-bond acceptors (Lipinski definition) is 4. The number of fused-ring (bicyclic) bond motifs is 1. The fourth-order valence-electron chi connectivity index (χ4n) is 2.68. The van der Waals surface area contributed by atoms with Crippen molar-refractivity contribution in [3.63, 3.8) is 0 Å². The molecule has 0 spiro atoms. The van der Waals surface area contributed by atoms with Crippen molar-refractivity contribution in [2.24, 2.45) is 5.92 Å². The Morgan fingerprint density at radius 1 is 1.11 bits per heavy atom. The lowest BCUT2D eigenvalue weighted by atomic mass is 10.1. The van der Waals surface area contributed by atoms with Crippen LogP contribution >= 0.6 is 0 Å². The molecule has 0 aromatic heterocycles. The van der Waals surface area contributed by atoms with Gasteiger partial charge >= 0.3 is 0 Å². The molecular weight excluding hydrogens is 266 g/mol. The molecule has 1 aromatic carbocycles. The Hall–Kier alpha value is -1.69. The lowest BCUT2D eigenvalue weighted by Crippen LogP contribution is -2.35. The maximum atomic E-state index is 12.1. The zero-order valence-electron chi connectivity index (χ0n) is 10.2. The Morgan fingerprint density at radius 3 is 2.16 bits per heavy atom. The van der Waals surface area contributed by atoms with Crippen molar-refractivity contribution in [3.8, 4) is 0 Å². The van der Waals surface area contributed by atoms with Gasteiger partial charge in [-0.3, -0.25) is 14.5 Å². The van der Waals surface area contributed by atoms with Crippen LogP contribution < -0.4 is 0 Å². The van der Waals surface area contributed by atoms with E-state index in [1.165, 1.54) is 4.90 Å². The van der Waals surface area contributed by atoms with Crippen LogP contribution in [-0.4, -0.2) is 43.2 Å². The van der Waals surface area contributed by atoms with E-state index in [-0.39, 0.29) is 35.8 Å². The molecule has 2 heterocycles. The number of imide groups is 1. The minimum Gasteiger partial charge on any atom is -0.274 e. The van der Waals surface area contributed by atoms with Crippen molar-refractivity contribution in [2.75, 3.05) is 18.1 Å². The molecule has 2 aliphatic heterocycles. The minimum absolute atomic E-state index is 0.0698. The van der Waals surface area contributed by atoms with Gasteiger partial charge in [-0.15, -0.1) is 0 Å². The van der Waals surface area contributed by atoms with Crippen LogP contribution in [0.2, 0.25) is 0 Å². The third-order valence-corrected chi connectivity index (χ3v) is 5.48. The van der Waals surface area contributed by atoms with Crippen molar-refractivity contribution >= 4 is 21.7 Å². The fourth-order valence-corrected chi connectivity index (χ4v) is 4.53. The third kappa shape index (κ3) is 2.06. The van der Waals surface area contributed by atoms with E-state index >= 15 is 0 Å². The van der Waals surface area contributed by atoms with Crippen molar-refractivity contribution in [1.82, 2.24) is 4.90 Å². The quantitative estimate of drug-likeness (QED) is 0.748. The molecule has 19 heavy (non-hydrogen) atoms. The normalized spacial score (nSPS) is 24.8. The maximum Gasteiger partial charge on any atom is 0.261 e. The van der Waals surface area contributed by atoms with E-state index in [0.717, 1.165) is 0 Å². The Labute approximate surface area is 111 Å². The SMILES string of the molecule is O=C1c2ccccc2C(=O)N1C[C@H]1CCS(=O)(=O)C1. The zero-order chi connectivity index (χ0) is 13.6. The van der Waals surface area contributed by atoms with E-state index in [0.29, 0.717) is 17.5 Å². The monoisotopic (exact) mass is 279 g/mol. The lowest BCUT2D eigenvalue weighted by molar-refractivity contribution is 0.0634. The molecule has 0 aliphatic carbocycles. The summed E-state index contributed by atoms with van der Waals surface area (Å²) in [6.07, 6.45) is 0.524. The van der Waals surface area contributed by atoms with E-state index in [1.807, 2.05) is 0 Å². The van der Waals surface area contributed by atoms with Crippen LogP contribution in [0, 0.1) is 5.92 Å². The van der Waals surface area contributed by atoms with E-state index in [1.54, 1.807) is 24.3 Å². The van der Waals surface area contributed by atoms with Crippen LogP contribution in [0.15, 0.2) is 24.3 Å². The van der Waals surface area contributed by atoms with E-state index in [2.05, 4.69) is 0 Å². The summed E-state index contributed by atoms with van der Waals surface area (Å²) in [6, 6.07) is 6.68. The fraction of sp³-hybridized carbons (Fsp3) is 0.385. The van der Waals surface area contributed by atoms with Gasteiger partial charge in [-0.25, -0.2) is 8.42 Å². The van der Waals surface area contributed by atoms with Gasteiger partial charge in [0.1, 0.15) is 0 Å². The second-order valence-corrected chi connectivity index (χ2v) is 7.26. The summed E-state index contributed by atoms with van der Waals surface area (Å²) in [5, 5.41) is 0. The second kappa shape index (κ2) is 4.16. The highest BCUT2D eigenvalue weighted by Crippen LogP contribution is 2.26. The number of hydrogen-bond donors (Lipinski definition) is 0. The highest BCUT2D eigenvalue weighted by Gasteiger charge is 2.38. The van der Waals surface area contributed by atoms with Crippen LogP contribution in [0.25, 0.3) is 0 Å². The van der Waals surface area contributed by atoms with Crippen LogP contribution in [-0.2, 0) is 9.84 Å². The summed E-state index contributed by atoms with van der Waals surface area (Å²) >= 11 is 0. The first-order chi connectivity index (χ1) is 8.98. The zero-order valence-corrected chi connectivity index (χ0v) is 11.0. The topological polar surface area (TPSA) is 71.5 Å². The van der Waals surface area contributed by atoms with Gasteiger partial charge in [0.05, 0.1) is 22.6 Å². The Morgan fingerprint density at radius 2 is 1.68 bits per heavy atom. The van der Waals surface area contributed by atoms with Gasteiger partial charge in [-0.05, 0) is 24.5 Å². The highest BCUT2D eigenvalue weighted by molar-refractivity contribution is 7.91. The van der Waals surface area contributed by atoms with Gasteiger partial charge in [0.25, 0.3) is 11.8 Å². The standard InChI is InChI=1S/C13H13NO4S/c15-12-10-3-1-2-4-11(10)13(16)14(12)7-9-5-6-19(17,18)8-9/h1-4,9H,5-8H2/t9-/m1/s1. The molecule has 1 aromatic rings. The van der Waals surface area contributed by atoms with E-state index in [4.69, 9.17) is 0 Å². The molecule has 1 saturated heterocycles. The first-order valence-corrected chi connectivity index (χ1v) is 7.96. The summed E-state index contributed by atoms with van der Waals surface area (Å²) in [6.45, 7) is 0.200. The molecule has 2 amide bonds. The number of carbonyl (C=O) groups excluding carboxylic acids is 2. The summed E-state index contributed by atoms with van der Waals surface area (Å²) < 4.78 is 22.8. The van der Waals surface area contributed by atoms with Crippen molar-refractivity contribution in [2.45, 2.75) is 6.42 Å². The van der Waals surface area contributed by atoms with Gasteiger partial charge in [-0.1, -0.05) is 12.1 Å². The molecule has 6 heteroatoms. The molecule has 0 radical (unpaired) electrons. The van der Waals surface area contributed by atoms with Crippen LogP contribution in [0.5, 0.6) is 0 Å². The van der Waals surface area contributed by atoms with Crippen LogP contribution in [0.1, 0.15) is 27.1 Å². The van der Waals surface area contributed by atoms with E-state index < -0.39 is 9.84 Å². The minimum atomic E-state index is -2.99. The molecule has 1 fully saturated rings. The number of benzene rings is 1. The molecule has 100 valence electrons. The summed E-state index contributed by atoms with van der Waals surface area (Å²) in [4.78, 5) is 25.4. The van der Waals surface area contributed by atoms with Gasteiger partial charge in [0.2, 0.25) is 0 Å². The average molecular weight is 279 g/mol. The average Bonchev–Trinajstić information content (AvgIpc) is 2.83. The van der Waals surface area contributed by atoms with Crippen LogP contribution in [0.3, 0.4) is 0 Å². The number of sulfone groups is 1. The highest BCUT2D eigenvalue weighted by atomic mass is 32.2. The second-order valence-electron chi connectivity index (χ2n) is 5.04. The van der Waals surface area contributed by atoms with Crippen molar-refractivity contribution in [1.29, 1.82) is 0 Å². The Balaban J connectivity index is 1.82. The first-order valence-electron chi connectivity index (χ1n) is 6.13.